The molecular weight excluding hydrogens is 185 g/mol. The first-order valence-electron chi connectivity index (χ1n) is 3.46. The highest BCUT2D eigenvalue weighted by atomic mass is 35.5. The molecule has 1 atom stereocenters. The number of aliphatic hydroxyl groups is 1. The van der Waals surface area contributed by atoms with Crippen molar-refractivity contribution < 1.29 is 5.11 Å². The van der Waals surface area contributed by atoms with Gasteiger partial charge in [0.1, 0.15) is 0 Å². The predicted octanol–water partition coefficient (Wildman–Crippen LogP) is 1.32. The fourth-order valence-electron chi connectivity index (χ4n) is 0.801. The van der Waals surface area contributed by atoms with Crippen molar-refractivity contribution in [1.82, 2.24) is 5.32 Å². The molecule has 0 aromatic heterocycles. The molecule has 1 aliphatic heterocycles. The Kier molecular flexibility index (Phi) is 8.52. The first kappa shape index (κ1) is 11.2. The van der Waals surface area contributed by atoms with Crippen molar-refractivity contribution in [1.29, 1.82) is 0 Å². The normalized spacial score (nSPS) is 22.3. The Bertz CT molecular complexity index is 109. The maximum atomic E-state index is 8.59. The van der Waals surface area contributed by atoms with Crippen molar-refractivity contribution in [2.24, 2.45) is 0 Å². The van der Waals surface area contributed by atoms with Crippen molar-refractivity contribution in [3.8, 4) is 0 Å². The van der Waals surface area contributed by atoms with Crippen LogP contribution < -0.4 is 5.32 Å². The number of hydrogen-bond acceptors (Lipinski definition) is 2. The van der Waals surface area contributed by atoms with Gasteiger partial charge in [-0.2, -0.15) is 0 Å². The summed E-state index contributed by atoms with van der Waals surface area (Å²) in [5, 5.41) is 11.9. The standard InChI is InChI=1S/C6H11NO.CH2Cl2/c8-5-6-3-1-2-4-7-6;2-1-3/h1-2,6-8H,3-5H2;1H2/t6-;/m0./s1. The van der Waals surface area contributed by atoms with Gasteiger partial charge in [0, 0.05) is 12.6 Å². The summed E-state index contributed by atoms with van der Waals surface area (Å²) >= 11 is 9.53. The van der Waals surface area contributed by atoms with Crippen LogP contribution in [0.1, 0.15) is 6.42 Å². The molecule has 4 heteroatoms. The van der Waals surface area contributed by atoms with Gasteiger partial charge in [-0.3, -0.25) is 0 Å². The maximum absolute atomic E-state index is 8.59. The molecule has 11 heavy (non-hydrogen) atoms. The van der Waals surface area contributed by atoms with Crippen LogP contribution in [-0.4, -0.2) is 29.6 Å². The molecule has 1 aliphatic rings. The summed E-state index contributed by atoms with van der Waals surface area (Å²) in [7, 11) is 0. The van der Waals surface area contributed by atoms with E-state index in [2.05, 4.69) is 17.5 Å². The average molecular weight is 198 g/mol. The van der Waals surface area contributed by atoms with Gasteiger partial charge < -0.3 is 10.4 Å². The van der Waals surface area contributed by atoms with Crippen molar-refractivity contribution in [3.63, 3.8) is 0 Å². The Morgan fingerprint density at radius 2 is 2.09 bits per heavy atom. The van der Waals surface area contributed by atoms with Crippen molar-refractivity contribution >= 4 is 23.2 Å². The molecular formula is C7H13Cl2NO. The van der Waals surface area contributed by atoms with E-state index >= 15 is 0 Å². The summed E-state index contributed by atoms with van der Waals surface area (Å²) in [6.07, 6.45) is 5.14. The molecule has 0 bridgehead atoms. The molecule has 0 aromatic rings. The summed E-state index contributed by atoms with van der Waals surface area (Å²) in [4.78, 5) is 0. The lowest BCUT2D eigenvalue weighted by Gasteiger charge is -2.15. The minimum Gasteiger partial charge on any atom is -0.395 e. The molecule has 1 heterocycles. The quantitative estimate of drug-likeness (QED) is 0.492. The van der Waals surface area contributed by atoms with Gasteiger partial charge in [-0.05, 0) is 6.42 Å². The van der Waals surface area contributed by atoms with Gasteiger partial charge in [-0.1, -0.05) is 12.2 Å². The van der Waals surface area contributed by atoms with Crippen molar-refractivity contribution in [3.05, 3.63) is 12.2 Å². The smallest absolute Gasteiger partial charge is 0.0967 e. The van der Waals surface area contributed by atoms with Crippen LogP contribution in [0, 0.1) is 0 Å². The van der Waals surface area contributed by atoms with E-state index in [1.54, 1.807) is 0 Å². The average Bonchev–Trinajstić information content (AvgIpc) is 2.08. The first-order valence-corrected chi connectivity index (χ1v) is 4.53. The summed E-state index contributed by atoms with van der Waals surface area (Å²) in [5.74, 6) is 0. The Labute approximate surface area is 77.2 Å². The van der Waals surface area contributed by atoms with Crippen LogP contribution in [0.3, 0.4) is 0 Å². The van der Waals surface area contributed by atoms with Crippen molar-refractivity contribution in [2.75, 3.05) is 18.5 Å². The van der Waals surface area contributed by atoms with Gasteiger partial charge in [-0.25, -0.2) is 0 Å². The first-order chi connectivity index (χ1) is 5.35. The Balaban J connectivity index is 0.000000292. The lowest BCUT2D eigenvalue weighted by atomic mass is 10.1. The Morgan fingerprint density at radius 3 is 2.36 bits per heavy atom. The number of aliphatic hydroxyl groups excluding tert-OH is 1. The van der Waals surface area contributed by atoms with E-state index < -0.39 is 0 Å². The zero-order valence-electron chi connectivity index (χ0n) is 6.26. The fourth-order valence-corrected chi connectivity index (χ4v) is 0.801. The lowest BCUT2D eigenvalue weighted by Crippen LogP contribution is -2.34. The Morgan fingerprint density at radius 1 is 1.45 bits per heavy atom. The summed E-state index contributed by atoms with van der Waals surface area (Å²) in [5.41, 5.74) is 0. The second-order valence-electron chi connectivity index (χ2n) is 2.10. The Hall–Kier alpha value is 0.240. The van der Waals surface area contributed by atoms with Crippen LogP contribution >= 0.6 is 23.2 Å². The van der Waals surface area contributed by atoms with Gasteiger partial charge >= 0.3 is 0 Å². The summed E-state index contributed by atoms with van der Waals surface area (Å²) in [6.45, 7) is 1.16. The molecule has 1 rings (SSSR count). The van der Waals surface area contributed by atoms with Gasteiger partial charge in [-0.15, -0.1) is 23.2 Å². The van der Waals surface area contributed by atoms with E-state index in [-0.39, 0.29) is 11.9 Å². The lowest BCUT2D eigenvalue weighted by molar-refractivity contribution is 0.244. The molecule has 0 saturated carbocycles. The van der Waals surface area contributed by atoms with Gasteiger partial charge in [0.05, 0.1) is 11.9 Å². The SMILES string of the molecule is ClCCl.OC[C@@H]1CC=CCN1. The number of alkyl halides is 2. The van der Waals surface area contributed by atoms with Crippen LogP contribution in [0.15, 0.2) is 12.2 Å². The number of nitrogens with one attached hydrogen (secondary N) is 1. The van der Waals surface area contributed by atoms with E-state index in [4.69, 9.17) is 28.3 Å². The van der Waals surface area contributed by atoms with Crippen LogP contribution in [0.5, 0.6) is 0 Å². The molecule has 0 amide bonds. The van der Waals surface area contributed by atoms with E-state index in [1.807, 2.05) is 0 Å². The highest BCUT2D eigenvalue weighted by Crippen LogP contribution is 1.96. The van der Waals surface area contributed by atoms with Crippen LogP contribution in [0.4, 0.5) is 0 Å². The van der Waals surface area contributed by atoms with Crippen LogP contribution in [0.25, 0.3) is 0 Å². The molecule has 0 saturated heterocycles. The molecule has 2 nitrogen and oxygen atoms in total. The third kappa shape index (κ3) is 6.63. The fraction of sp³-hybridized carbons (Fsp3) is 0.714. The zero-order valence-corrected chi connectivity index (χ0v) is 7.78. The molecule has 0 aromatic carbocycles. The molecule has 2 N–H and O–H groups in total. The van der Waals surface area contributed by atoms with Crippen LogP contribution in [0.2, 0.25) is 0 Å². The van der Waals surface area contributed by atoms with E-state index in [1.165, 1.54) is 0 Å². The molecule has 0 unspecified atom stereocenters. The number of halogens is 2. The van der Waals surface area contributed by atoms with Crippen LogP contribution in [-0.2, 0) is 0 Å². The third-order valence-corrected chi connectivity index (χ3v) is 1.33. The number of rotatable bonds is 1. The van der Waals surface area contributed by atoms with E-state index in [9.17, 15) is 0 Å². The van der Waals surface area contributed by atoms with Gasteiger partial charge in [0.25, 0.3) is 0 Å². The maximum Gasteiger partial charge on any atom is 0.0967 e. The molecule has 0 aliphatic carbocycles. The van der Waals surface area contributed by atoms with Crippen molar-refractivity contribution in [2.45, 2.75) is 12.5 Å². The van der Waals surface area contributed by atoms with E-state index in [0.29, 0.717) is 6.04 Å². The largest absolute Gasteiger partial charge is 0.395 e. The minimum atomic E-state index is 0.194. The predicted molar refractivity (Wildman–Crippen MR) is 49.2 cm³/mol. The third-order valence-electron chi connectivity index (χ3n) is 1.33. The summed E-state index contributed by atoms with van der Waals surface area (Å²) in [6, 6.07) is 0.306. The molecule has 0 spiro atoms. The minimum absolute atomic E-state index is 0.194. The monoisotopic (exact) mass is 197 g/mol. The summed E-state index contributed by atoms with van der Waals surface area (Å²) < 4.78 is 0. The second-order valence-corrected chi connectivity index (χ2v) is 2.90. The zero-order chi connectivity index (χ0) is 8.53. The highest BCUT2D eigenvalue weighted by Gasteiger charge is 2.04. The highest BCUT2D eigenvalue weighted by molar-refractivity contribution is 6.40. The molecule has 66 valence electrons. The second kappa shape index (κ2) is 8.34. The van der Waals surface area contributed by atoms with E-state index in [0.717, 1.165) is 13.0 Å². The molecule has 0 fully saturated rings. The topological polar surface area (TPSA) is 32.3 Å². The van der Waals surface area contributed by atoms with Gasteiger partial charge in [0.2, 0.25) is 0 Å². The molecule has 0 radical (unpaired) electrons. The number of hydrogen-bond donors (Lipinski definition) is 2. The van der Waals surface area contributed by atoms with Gasteiger partial charge in [0.15, 0.2) is 0 Å².